The molecule has 0 spiro atoms. The number of anilines is 1. The minimum absolute atomic E-state index is 0.0471. The molecule has 0 bridgehead atoms. The first-order valence-corrected chi connectivity index (χ1v) is 7.07. The van der Waals surface area contributed by atoms with Crippen molar-refractivity contribution in [1.82, 2.24) is 19.1 Å². The van der Waals surface area contributed by atoms with E-state index in [1.807, 2.05) is 19.3 Å². The van der Waals surface area contributed by atoms with Gasteiger partial charge in [-0.3, -0.25) is 4.79 Å². The van der Waals surface area contributed by atoms with Crippen LogP contribution in [0.4, 0.5) is 5.82 Å². The Balaban J connectivity index is 1.65. The van der Waals surface area contributed by atoms with E-state index in [4.69, 9.17) is 0 Å². The quantitative estimate of drug-likeness (QED) is 0.907. The van der Waals surface area contributed by atoms with Crippen LogP contribution in [0.5, 0.6) is 0 Å². The highest BCUT2D eigenvalue weighted by atomic mass is 16.1. The lowest BCUT2D eigenvalue weighted by Crippen LogP contribution is -2.29. The topological polar surface area (TPSA) is 64.7 Å². The van der Waals surface area contributed by atoms with Gasteiger partial charge in [0.2, 0.25) is 0 Å². The summed E-state index contributed by atoms with van der Waals surface area (Å²) in [5, 5.41) is 3.20. The first kappa shape index (κ1) is 12.9. The average Bonchev–Trinajstić information content (AvgIpc) is 2.93. The van der Waals surface area contributed by atoms with Crippen LogP contribution < -0.4 is 10.9 Å². The van der Waals surface area contributed by atoms with E-state index in [1.165, 1.54) is 0 Å². The van der Waals surface area contributed by atoms with Gasteiger partial charge in [0.05, 0.1) is 0 Å². The Hall–Kier alpha value is -2.11. The number of hydrogen-bond acceptors (Lipinski definition) is 4. The maximum Gasteiger partial charge on any atom is 0.293 e. The van der Waals surface area contributed by atoms with Gasteiger partial charge in [-0.2, -0.15) is 0 Å². The lowest BCUT2D eigenvalue weighted by molar-refractivity contribution is 0.381. The van der Waals surface area contributed by atoms with Crippen LogP contribution >= 0.6 is 0 Å². The molecule has 0 saturated heterocycles. The Morgan fingerprint density at radius 3 is 3.05 bits per heavy atom. The van der Waals surface area contributed by atoms with Gasteiger partial charge in [-0.15, -0.1) is 0 Å². The second-order valence-corrected chi connectivity index (χ2v) is 5.15. The number of nitrogens with zero attached hydrogens (tertiary/aromatic N) is 4. The second kappa shape index (κ2) is 5.48. The molecule has 1 atom stereocenters. The molecule has 6 heteroatoms. The fourth-order valence-corrected chi connectivity index (χ4v) is 2.66. The highest BCUT2D eigenvalue weighted by Crippen LogP contribution is 2.18. The van der Waals surface area contributed by atoms with Crippen molar-refractivity contribution >= 4 is 5.82 Å². The van der Waals surface area contributed by atoms with Gasteiger partial charge in [-0.05, 0) is 19.3 Å². The van der Waals surface area contributed by atoms with Crippen LogP contribution in [-0.2, 0) is 19.5 Å². The molecule has 1 aliphatic heterocycles. The summed E-state index contributed by atoms with van der Waals surface area (Å²) < 4.78 is 3.85. The largest absolute Gasteiger partial charge is 0.365 e. The summed E-state index contributed by atoms with van der Waals surface area (Å²) in [4.78, 5) is 20.5. The van der Waals surface area contributed by atoms with Gasteiger partial charge in [-0.1, -0.05) is 0 Å². The second-order valence-electron chi connectivity index (χ2n) is 5.15. The lowest BCUT2D eigenvalue weighted by Gasteiger charge is -2.24. The van der Waals surface area contributed by atoms with Crippen molar-refractivity contribution in [2.75, 3.05) is 11.9 Å². The van der Waals surface area contributed by atoms with Crippen LogP contribution in [0.2, 0.25) is 0 Å². The molecule has 0 saturated carbocycles. The van der Waals surface area contributed by atoms with Crippen LogP contribution in [0.25, 0.3) is 0 Å². The maximum absolute atomic E-state index is 12.1. The van der Waals surface area contributed by atoms with Crippen molar-refractivity contribution in [2.24, 2.45) is 5.92 Å². The molecule has 1 aliphatic rings. The van der Waals surface area contributed by atoms with E-state index < -0.39 is 0 Å². The Kier molecular flexibility index (Phi) is 3.54. The smallest absolute Gasteiger partial charge is 0.293 e. The lowest BCUT2D eigenvalue weighted by atomic mass is 9.99. The molecule has 1 unspecified atom stereocenters. The molecule has 6 nitrogen and oxygen atoms in total. The predicted molar refractivity (Wildman–Crippen MR) is 76.7 cm³/mol. The normalized spacial score (nSPS) is 17.8. The summed E-state index contributed by atoms with van der Waals surface area (Å²) in [6.07, 6.45) is 9.35. The van der Waals surface area contributed by atoms with E-state index >= 15 is 0 Å². The third kappa shape index (κ3) is 2.45. The molecule has 2 aromatic rings. The van der Waals surface area contributed by atoms with Crippen LogP contribution in [0.15, 0.2) is 29.6 Å². The fraction of sp³-hybridized carbons (Fsp3) is 0.500. The van der Waals surface area contributed by atoms with Gasteiger partial charge in [0.15, 0.2) is 5.82 Å². The molecule has 0 radical (unpaired) electrons. The zero-order valence-electron chi connectivity index (χ0n) is 11.6. The molecule has 106 valence electrons. The zero-order chi connectivity index (χ0) is 13.9. The molecule has 0 fully saturated rings. The summed E-state index contributed by atoms with van der Waals surface area (Å²) in [6, 6.07) is 0. The summed E-state index contributed by atoms with van der Waals surface area (Å²) in [5.41, 5.74) is -0.0471. The van der Waals surface area contributed by atoms with Gasteiger partial charge in [-0.25, -0.2) is 9.97 Å². The Morgan fingerprint density at radius 2 is 2.20 bits per heavy atom. The van der Waals surface area contributed by atoms with E-state index in [2.05, 4.69) is 19.9 Å². The molecular weight excluding hydrogens is 254 g/mol. The first-order valence-electron chi connectivity index (χ1n) is 7.07. The van der Waals surface area contributed by atoms with Crippen LogP contribution in [0, 0.1) is 5.92 Å². The van der Waals surface area contributed by atoms with Crippen molar-refractivity contribution in [3.63, 3.8) is 0 Å². The van der Waals surface area contributed by atoms with Crippen LogP contribution in [0.3, 0.4) is 0 Å². The summed E-state index contributed by atoms with van der Waals surface area (Å²) in [6.45, 7) is 4.34. The minimum Gasteiger partial charge on any atom is -0.365 e. The van der Waals surface area contributed by atoms with Crippen molar-refractivity contribution < 1.29 is 0 Å². The van der Waals surface area contributed by atoms with E-state index in [0.717, 1.165) is 31.8 Å². The molecular formula is C14H19N5O. The molecule has 2 aromatic heterocycles. The summed E-state index contributed by atoms with van der Waals surface area (Å²) in [5.74, 6) is 2.12. The third-order valence-corrected chi connectivity index (χ3v) is 3.85. The van der Waals surface area contributed by atoms with Crippen molar-refractivity contribution in [1.29, 1.82) is 0 Å². The SMILES string of the molecule is CCn1ccnc(NCC2CCc3nccn3C2)c1=O. The van der Waals surface area contributed by atoms with Gasteiger partial charge >= 0.3 is 0 Å². The van der Waals surface area contributed by atoms with Gasteiger partial charge in [0.25, 0.3) is 5.56 Å². The monoisotopic (exact) mass is 273 g/mol. The van der Waals surface area contributed by atoms with E-state index in [-0.39, 0.29) is 5.56 Å². The Bertz CT molecular complexity index is 645. The molecule has 3 rings (SSSR count). The zero-order valence-corrected chi connectivity index (χ0v) is 11.6. The predicted octanol–water partition coefficient (Wildman–Crippen LogP) is 1.13. The van der Waals surface area contributed by atoms with E-state index in [1.54, 1.807) is 17.0 Å². The summed E-state index contributed by atoms with van der Waals surface area (Å²) in [7, 11) is 0. The number of rotatable bonds is 4. The average molecular weight is 273 g/mol. The number of aromatic nitrogens is 4. The minimum atomic E-state index is -0.0471. The first-order chi connectivity index (χ1) is 9.78. The van der Waals surface area contributed by atoms with Gasteiger partial charge in [0, 0.05) is 50.8 Å². The van der Waals surface area contributed by atoms with E-state index in [9.17, 15) is 4.79 Å². The standard InChI is InChI=1S/C14H19N5O/c1-2-18-7-6-16-13(14(18)20)17-9-11-3-4-12-15-5-8-19(12)10-11/h5-8,11H,2-4,9-10H2,1H3,(H,16,17). The molecule has 3 heterocycles. The van der Waals surface area contributed by atoms with Gasteiger partial charge in [0.1, 0.15) is 5.82 Å². The molecule has 20 heavy (non-hydrogen) atoms. The van der Waals surface area contributed by atoms with Crippen LogP contribution in [0.1, 0.15) is 19.2 Å². The number of imidazole rings is 1. The van der Waals surface area contributed by atoms with E-state index in [0.29, 0.717) is 18.3 Å². The number of hydrogen-bond donors (Lipinski definition) is 1. The number of aryl methyl sites for hydroxylation is 2. The highest BCUT2D eigenvalue weighted by molar-refractivity contribution is 5.30. The third-order valence-electron chi connectivity index (χ3n) is 3.85. The van der Waals surface area contributed by atoms with Crippen molar-refractivity contribution in [2.45, 2.75) is 32.9 Å². The van der Waals surface area contributed by atoms with Crippen molar-refractivity contribution in [3.8, 4) is 0 Å². The fourth-order valence-electron chi connectivity index (χ4n) is 2.66. The van der Waals surface area contributed by atoms with Crippen LogP contribution in [-0.4, -0.2) is 25.6 Å². The maximum atomic E-state index is 12.1. The highest BCUT2D eigenvalue weighted by Gasteiger charge is 2.19. The molecule has 1 N–H and O–H groups in total. The Labute approximate surface area is 117 Å². The molecule has 0 aromatic carbocycles. The van der Waals surface area contributed by atoms with Crippen molar-refractivity contribution in [3.05, 3.63) is 41.0 Å². The summed E-state index contributed by atoms with van der Waals surface area (Å²) >= 11 is 0. The molecule has 0 aliphatic carbocycles. The number of nitrogens with one attached hydrogen (secondary N) is 1. The van der Waals surface area contributed by atoms with Gasteiger partial charge < -0.3 is 14.5 Å². The number of fused-ring (bicyclic) bond motifs is 1. The Morgan fingerprint density at radius 1 is 1.35 bits per heavy atom. The molecule has 0 amide bonds.